The van der Waals surface area contributed by atoms with Crippen molar-refractivity contribution >= 4 is 11.1 Å². The first-order valence-electron chi connectivity index (χ1n) is 15.3. The third-order valence-corrected chi connectivity index (χ3v) is 8.78. The number of benzene rings is 5. The van der Waals surface area contributed by atoms with Crippen LogP contribution in [-0.4, -0.2) is 12.7 Å². The van der Waals surface area contributed by atoms with Crippen LogP contribution in [0.3, 0.4) is 0 Å². The highest BCUT2D eigenvalue weighted by Crippen LogP contribution is 2.54. The lowest BCUT2D eigenvalue weighted by Crippen LogP contribution is -2.17. The Kier molecular flexibility index (Phi) is 8.21. The van der Waals surface area contributed by atoms with Crippen LogP contribution in [-0.2, 0) is 0 Å². The maximum Gasteiger partial charge on any atom is 0.573 e. The van der Waals surface area contributed by atoms with E-state index in [9.17, 15) is 56.2 Å². The molecule has 262 valence electrons. The van der Waals surface area contributed by atoms with Gasteiger partial charge < -0.3 is 9.47 Å². The summed E-state index contributed by atoms with van der Waals surface area (Å²) in [7, 11) is 0. The number of ether oxygens (including phenoxy) is 2. The van der Waals surface area contributed by atoms with Crippen LogP contribution in [0.2, 0.25) is 0 Å². The molecule has 0 saturated heterocycles. The van der Waals surface area contributed by atoms with Crippen LogP contribution in [0.5, 0.6) is 11.5 Å². The molecule has 0 fully saturated rings. The summed E-state index contributed by atoms with van der Waals surface area (Å²) in [6.07, 6.45) is -10.2. The topological polar surface area (TPSA) is 114 Å². The summed E-state index contributed by atoms with van der Waals surface area (Å²) in [4.78, 5) is 0. The van der Waals surface area contributed by atoms with Crippen molar-refractivity contribution in [3.8, 4) is 80.3 Å². The molecule has 14 heteroatoms. The van der Waals surface area contributed by atoms with Crippen LogP contribution < -0.4 is 9.47 Å². The van der Waals surface area contributed by atoms with Crippen molar-refractivity contribution in [3.05, 3.63) is 130 Å². The minimum Gasteiger partial charge on any atom is -0.403 e. The average molecular weight is 735 g/mol. The lowest BCUT2D eigenvalue weighted by Gasteiger charge is -2.12. The molecule has 0 N–H and O–H groups in total. The van der Waals surface area contributed by atoms with Crippen LogP contribution in [0, 0.1) is 57.0 Å². The first-order chi connectivity index (χ1) is 25.6. The Labute approximate surface area is 299 Å². The Morgan fingerprint density at radius 1 is 0.407 bits per heavy atom. The molecule has 0 heterocycles. The molecule has 0 unspecified atom stereocenters. The summed E-state index contributed by atoms with van der Waals surface area (Å²) < 4.78 is 113. The standard InChI is InChI=1S/C40H14F8N4O2/c41-33-11-21(3-7-35(33)53-39(43,44)45)19-1-5-25-27-13-28-26-6-2-20(22-4-8-36(34(42)12-22)54-40(46,47)48)10-30(26)38(24(17-51)18-52)32(28)14-31(27)37(29(25)9-19)23(15-49)16-50/h1-14H. The number of nitrogens with zero attached hydrogens (tertiary/aromatic N) is 4. The molecule has 0 aromatic heterocycles. The number of fused-ring (bicyclic) bond motifs is 6. The largest absolute Gasteiger partial charge is 0.573 e. The fourth-order valence-electron chi connectivity index (χ4n) is 6.67. The zero-order chi connectivity index (χ0) is 38.7. The third-order valence-electron chi connectivity index (χ3n) is 8.78. The molecule has 0 radical (unpaired) electrons. The molecule has 6 nitrogen and oxygen atoms in total. The smallest absolute Gasteiger partial charge is 0.403 e. The molecule has 2 aliphatic rings. The molecular formula is C40H14F8N4O2. The average Bonchev–Trinajstić information content (AvgIpc) is 3.60. The molecular weight excluding hydrogens is 720 g/mol. The summed E-state index contributed by atoms with van der Waals surface area (Å²) >= 11 is 0. The van der Waals surface area contributed by atoms with Gasteiger partial charge in [0.1, 0.15) is 35.4 Å². The Bertz CT molecular complexity index is 2500. The summed E-state index contributed by atoms with van der Waals surface area (Å²) in [5, 5.41) is 40.0. The van der Waals surface area contributed by atoms with E-state index >= 15 is 0 Å². The van der Waals surface area contributed by atoms with Gasteiger partial charge >= 0.3 is 12.7 Å². The van der Waals surface area contributed by atoms with E-state index in [2.05, 4.69) is 9.47 Å². The SMILES string of the molecule is N#CC(C#N)=C1c2cc(-c3ccc(OC(F)(F)F)c(F)c3)ccc2-c2cc3c(cc21)C(=C(C#N)C#N)c1cc(-c2ccc(OC(F)(F)F)c(F)c2)ccc1-3. The molecule has 0 saturated carbocycles. The van der Waals surface area contributed by atoms with Crippen molar-refractivity contribution < 1.29 is 44.6 Å². The van der Waals surface area contributed by atoms with Crippen molar-refractivity contribution in [3.63, 3.8) is 0 Å². The van der Waals surface area contributed by atoms with Gasteiger partial charge in [0.25, 0.3) is 0 Å². The fourth-order valence-corrected chi connectivity index (χ4v) is 6.67. The lowest BCUT2D eigenvalue weighted by molar-refractivity contribution is -0.276. The van der Waals surface area contributed by atoms with Crippen molar-refractivity contribution in [2.45, 2.75) is 12.7 Å². The first kappa shape index (κ1) is 35.0. The molecule has 7 rings (SSSR count). The van der Waals surface area contributed by atoms with Crippen molar-refractivity contribution in [1.82, 2.24) is 0 Å². The highest BCUT2D eigenvalue weighted by Gasteiger charge is 2.36. The second kappa shape index (κ2) is 12.7. The lowest BCUT2D eigenvalue weighted by atomic mass is 9.92. The summed E-state index contributed by atoms with van der Waals surface area (Å²) in [5.74, 6) is -4.62. The van der Waals surface area contributed by atoms with Crippen molar-refractivity contribution in [2.75, 3.05) is 0 Å². The Hall–Kier alpha value is -7.42. The first-order valence-corrected chi connectivity index (χ1v) is 15.3. The minimum atomic E-state index is -5.12. The van der Waals surface area contributed by atoms with E-state index in [1.807, 2.05) is 24.3 Å². The monoisotopic (exact) mass is 734 g/mol. The molecule has 5 aromatic carbocycles. The molecule has 0 spiro atoms. The van der Waals surface area contributed by atoms with Crippen LogP contribution in [0.4, 0.5) is 35.1 Å². The van der Waals surface area contributed by atoms with Crippen LogP contribution >= 0.6 is 0 Å². The van der Waals surface area contributed by atoms with Gasteiger partial charge in [-0.15, -0.1) is 26.3 Å². The van der Waals surface area contributed by atoms with Gasteiger partial charge in [-0.3, -0.25) is 0 Å². The normalized spacial score (nSPS) is 12.3. The quantitative estimate of drug-likeness (QED) is 0.131. The van der Waals surface area contributed by atoms with E-state index in [1.165, 1.54) is 12.1 Å². The number of rotatable bonds is 4. The number of nitriles is 4. The second-order valence-electron chi connectivity index (χ2n) is 11.8. The van der Waals surface area contributed by atoms with Crippen LogP contribution in [0.25, 0.3) is 55.7 Å². The van der Waals surface area contributed by atoms with Crippen molar-refractivity contribution in [1.29, 1.82) is 21.0 Å². The van der Waals surface area contributed by atoms with Gasteiger partial charge in [-0.2, -0.15) is 21.0 Å². The van der Waals surface area contributed by atoms with Gasteiger partial charge in [0.15, 0.2) is 23.1 Å². The number of allylic oxidation sites excluding steroid dienone is 2. The number of hydrogen-bond donors (Lipinski definition) is 0. The molecule has 5 aromatic rings. The third kappa shape index (κ3) is 6.02. The fraction of sp³-hybridized carbons (Fsp3) is 0.0500. The predicted molar refractivity (Wildman–Crippen MR) is 176 cm³/mol. The summed E-state index contributed by atoms with van der Waals surface area (Å²) in [5.41, 5.74) is 4.43. The van der Waals surface area contributed by atoms with E-state index in [0.29, 0.717) is 55.6 Å². The van der Waals surface area contributed by atoms with Crippen molar-refractivity contribution in [2.24, 2.45) is 0 Å². The molecule has 0 atom stereocenters. The van der Waals surface area contributed by atoms with Gasteiger partial charge in [0.2, 0.25) is 0 Å². The number of alkyl halides is 6. The maximum atomic E-state index is 14.7. The zero-order valence-corrected chi connectivity index (χ0v) is 26.7. The second-order valence-corrected chi connectivity index (χ2v) is 11.8. The summed E-state index contributed by atoms with van der Waals surface area (Å²) in [6.45, 7) is 0. The highest BCUT2D eigenvalue weighted by molar-refractivity contribution is 6.11. The van der Waals surface area contributed by atoms with E-state index in [0.717, 1.165) is 24.3 Å². The van der Waals surface area contributed by atoms with Gasteiger partial charge in [-0.1, -0.05) is 36.4 Å². The van der Waals surface area contributed by atoms with Crippen LogP contribution in [0.1, 0.15) is 22.3 Å². The minimum absolute atomic E-state index is 0.170. The molecule has 0 amide bonds. The van der Waals surface area contributed by atoms with Gasteiger partial charge in [0.05, 0.1) is 0 Å². The molecule has 0 aliphatic heterocycles. The molecule has 54 heavy (non-hydrogen) atoms. The van der Waals surface area contributed by atoms with Gasteiger partial charge in [0, 0.05) is 11.1 Å². The van der Waals surface area contributed by atoms with E-state index < -0.39 is 35.9 Å². The van der Waals surface area contributed by atoms with E-state index in [4.69, 9.17) is 0 Å². The molecule has 2 aliphatic carbocycles. The van der Waals surface area contributed by atoms with Crippen LogP contribution in [0.15, 0.2) is 96.1 Å². The molecule has 0 bridgehead atoms. The Balaban J connectivity index is 1.38. The number of hydrogen-bond acceptors (Lipinski definition) is 6. The Morgan fingerprint density at radius 3 is 1.06 bits per heavy atom. The van der Waals surface area contributed by atoms with E-state index in [1.54, 1.807) is 48.5 Å². The van der Waals surface area contributed by atoms with Gasteiger partial charge in [-0.25, -0.2) is 8.78 Å². The highest BCUT2D eigenvalue weighted by atomic mass is 19.4. The summed E-state index contributed by atoms with van der Waals surface area (Å²) in [6, 6.07) is 26.2. The zero-order valence-electron chi connectivity index (χ0n) is 26.7. The predicted octanol–water partition coefficient (Wildman–Crippen LogP) is 10.8. The Morgan fingerprint density at radius 2 is 0.722 bits per heavy atom. The van der Waals surface area contributed by atoms with Gasteiger partial charge in [-0.05, 0) is 115 Å². The maximum absolute atomic E-state index is 14.7. The number of halogens is 8. The van der Waals surface area contributed by atoms with E-state index in [-0.39, 0.29) is 33.4 Å².